The second-order valence-electron chi connectivity index (χ2n) is 2.81. The molecule has 1 rings (SSSR count). The van der Waals surface area contributed by atoms with E-state index in [4.69, 9.17) is 10.2 Å². The van der Waals surface area contributed by atoms with Crippen molar-refractivity contribution in [2.75, 3.05) is 0 Å². The Morgan fingerprint density at radius 1 is 0.700 bits per heavy atom. The second-order valence-corrected chi connectivity index (χ2v) is 2.81. The lowest BCUT2D eigenvalue weighted by atomic mass is 10.0. The lowest BCUT2D eigenvalue weighted by molar-refractivity contribution is 0.285. The minimum atomic E-state index is 0.208. The van der Waals surface area contributed by atoms with Gasteiger partial charge in [0.2, 0.25) is 0 Å². The molecule has 0 aromatic heterocycles. The van der Waals surface area contributed by atoms with Gasteiger partial charge < -0.3 is 10.2 Å². The molecule has 0 saturated heterocycles. The zero-order chi connectivity index (χ0) is 7.40. The van der Waals surface area contributed by atoms with Crippen LogP contribution in [0.1, 0.15) is 38.5 Å². The maximum atomic E-state index is 9.11. The van der Waals surface area contributed by atoms with Gasteiger partial charge in [0.05, 0.1) is 0 Å². The van der Waals surface area contributed by atoms with Gasteiger partial charge >= 0.3 is 0 Å². The van der Waals surface area contributed by atoms with Crippen LogP contribution in [0.4, 0.5) is 0 Å². The van der Waals surface area contributed by atoms with Crippen LogP contribution in [0.15, 0.2) is 11.5 Å². The molecule has 0 amide bonds. The SMILES string of the molecule is O/C1=C(\O)CCCCCC1. The number of aliphatic hydroxyl groups is 2. The summed E-state index contributed by atoms with van der Waals surface area (Å²) in [6, 6.07) is 0. The molecule has 0 fully saturated rings. The number of allylic oxidation sites excluding steroid dienone is 2. The normalized spacial score (nSPS) is 29.2. The molecule has 2 N–H and O–H groups in total. The zero-order valence-corrected chi connectivity index (χ0v) is 6.14. The second kappa shape index (κ2) is 3.49. The first-order valence-electron chi connectivity index (χ1n) is 3.90. The summed E-state index contributed by atoms with van der Waals surface area (Å²) >= 11 is 0. The van der Waals surface area contributed by atoms with Gasteiger partial charge in [-0.15, -0.1) is 0 Å². The maximum absolute atomic E-state index is 9.11. The van der Waals surface area contributed by atoms with Crippen molar-refractivity contribution in [2.45, 2.75) is 38.5 Å². The summed E-state index contributed by atoms with van der Waals surface area (Å²) in [4.78, 5) is 0. The lowest BCUT2D eigenvalue weighted by Gasteiger charge is -2.08. The van der Waals surface area contributed by atoms with Crippen molar-refractivity contribution in [1.82, 2.24) is 0 Å². The molecule has 2 heteroatoms. The Morgan fingerprint density at radius 2 is 1.10 bits per heavy atom. The first-order chi connectivity index (χ1) is 4.80. The Kier molecular flexibility index (Phi) is 2.60. The molecule has 0 aromatic carbocycles. The first kappa shape index (κ1) is 7.45. The molecule has 0 spiro atoms. The van der Waals surface area contributed by atoms with E-state index < -0.39 is 0 Å². The van der Waals surface area contributed by atoms with Crippen LogP contribution < -0.4 is 0 Å². The third-order valence-electron chi connectivity index (χ3n) is 1.91. The molecule has 1 aliphatic rings. The highest BCUT2D eigenvalue weighted by molar-refractivity contribution is 4.98. The Balaban J connectivity index is 2.51. The largest absolute Gasteiger partial charge is 0.509 e. The van der Waals surface area contributed by atoms with Crippen molar-refractivity contribution < 1.29 is 10.2 Å². The fourth-order valence-electron chi connectivity index (χ4n) is 1.23. The van der Waals surface area contributed by atoms with E-state index in [1.807, 2.05) is 0 Å². The minimum Gasteiger partial charge on any atom is -0.509 e. The summed E-state index contributed by atoms with van der Waals surface area (Å²) in [5.74, 6) is 0.416. The van der Waals surface area contributed by atoms with Gasteiger partial charge in [-0.25, -0.2) is 0 Å². The van der Waals surface area contributed by atoms with E-state index in [-0.39, 0.29) is 11.5 Å². The van der Waals surface area contributed by atoms with Crippen molar-refractivity contribution in [3.05, 3.63) is 11.5 Å². The van der Waals surface area contributed by atoms with Crippen LogP contribution in [0.2, 0.25) is 0 Å². The van der Waals surface area contributed by atoms with E-state index >= 15 is 0 Å². The standard InChI is InChI=1S/C8H14O2/c9-7-5-3-1-2-4-6-8(7)10/h9-10H,1-6H2/b8-7-. The third-order valence-corrected chi connectivity index (χ3v) is 1.91. The fourth-order valence-corrected chi connectivity index (χ4v) is 1.23. The molecule has 10 heavy (non-hydrogen) atoms. The lowest BCUT2D eigenvalue weighted by Crippen LogP contribution is -1.95. The molecule has 0 bridgehead atoms. The molecular formula is C8H14O2. The summed E-state index contributed by atoms with van der Waals surface area (Å²) in [6.07, 6.45) is 5.69. The Hall–Kier alpha value is -0.660. The van der Waals surface area contributed by atoms with Crippen molar-refractivity contribution in [3.63, 3.8) is 0 Å². The highest BCUT2D eigenvalue weighted by Crippen LogP contribution is 2.18. The molecule has 0 unspecified atom stereocenters. The van der Waals surface area contributed by atoms with Crippen LogP contribution in [0.5, 0.6) is 0 Å². The fraction of sp³-hybridized carbons (Fsp3) is 0.750. The molecule has 1 aliphatic carbocycles. The zero-order valence-electron chi connectivity index (χ0n) is 6.14. The van der Waals surface area contributed by atoms with Crippen molar-refractivity contribution in [3.8, 4) is 0 Å². The average molecular weight is 142 g/mol. The Bertz CT molecular complexity index is 122. The summed E-state index contributed by atoms with van der Waals surface area (Å²) in [7, 11) is 0. The van der Waals surface area contributed by atoms with Crippen LogP contribution in [0.3, 0.4) is 0 Å². The molecule has 0 atom stereocenters. The number of hydrogen-bond donors (Lipinski definition) is 2. The predicted octanol–water partition coefficient (Wildman–Crippen LogP) is 2.67. The van der Waals surface area contributed by atoms with Crippen molar-refractivity contribution in [2.24, 2.45) is 0 Å². The highest BCUT2D eigenvalue weighted by Gasteiger charge is 2.06. The van der Waals surface area contributed by atoms with Gasteiger partial charge in [0.25, 0.3) is 0 Å². The van der Waals surface area contributed by atoms with Gasteiger partial charge in [-0.05, 0) is 12.8 Å². The highest BCUT2D eigenvalue weighted by atomic mass is 16.3. The Morgan fingerprint density at radius 3 is 1.50 bits per heavy atom. The van der Waals surface area contributed by atoms with E-state index in [0.29, 0.717) is 12.8 Å². The van der Waals surface area contributed by atoms with Crippen LogP contribution in [-0.2, 0) is 0 Å². The molecule has 0 aliphatic heterocycles. The Labute approximate surface area is 61.2 Å². The minimum absolute atomic E-state index is 0.208. The van der Waals surface area contributed by atoms with Gasteiger partial charge in [0, 0.05) is 12.8 Å². The van der Waals surface area contributed by atoms with Gasteiger partial charge in [-0.3, -0.25) is 0 Å². The van der Waals surface area contributed by atoms with E-state index in [1.165, 1.54) is 12.8 Å². The molecule has 0 heterocycles. The van der Waals surface area contributed by atoms with E-state index in [0.717, 1.165) is 12.8 Å². The van der Waals surface area contributed by atoms with Gasteiger partial charge in [0.15, 0.2) is 0 Å². The van der Waals surface area contributed by atoms with Crippen LogP contribution >= 0.6 is 0 Å². The summed E-state index contributed by atoms with van der Waals surface area (Å²) in [5, 5.41) is 18.2. The van der Waals surface area contributed by atoms with E-state index in [1.54, 1.807) is 0 Å². The maximum Gasteiger partial charge on any atom is 0.129 e. The van der Waals surface area contributed by atoms with Crippen LogP contribution in [0.25, 0.3) is 0 Å². The smallest absolute Gasteiger partial charge is 0.129 e. The van der Waals surface area contributed by atoms with Gasteiger partial charge in [-0.1, -0.05) is 12.8 Å². The van der Waals surface area contributed by atoms with Crippen LogP contribution in [-0.4, -0.2) is 10.2 Å². The van der Waals surface area contributed by atoms with E-state index in [2.05, 4.69) is 0 Å². The number of hydrogen-bond acceptors (Lipinski definition) is 2. The summed E-state index contributed by atoms with van der Waals surface area (Å²) < 4.78 is 0. The molecule has 2 nitrogen and oxygen atoms in total. The van der Waals surface area contributed by atoms with Gasteiger partial charge in [0.1, 0.15) is 11.5 Å². The molecule has 0 radical (unpaired) electrons. The summed E-state index contributed by atoms with van der Waals surface area (Å²) in [5.41, 5.74) is 0. The molecule has 0 aromatic rings. The van der Waals surface area contributed by atoms with Crippen molar-refractivity contribution >= 4 is 0 Å². The quantitative estimate of drug-likeness (QED) is 0.546. The number of rotatable bonds is 0. The molecule has 0 saturated carbocycles. The third kappa shape index (κ3) is 1.94. The summed E-state index contributed by atoms with van der Waals surface area (Å²) in [6.45, 7) is 0. The van der Waals surface area contributed by atoms with E-state index in [9.17, 15) is 0 Å². The monoisotopic (exact) mass is 142 g/mol. The predicted molar refractivity (Wildman–Crippen MR) is 40.0 cm³/mol. The van der Waals surface area contributed by atoms with Gasteiger partial charge in [-0.2, -0.15) is 0 Å². The molecule has 58 valence electrons. The number of aliphatic hydroxyl groups excluding tert-OH is 2. The van der Waals surface area contributed by atoms with Crippen LogP contribution in [0, 0.1) is 0 Å². The topological polar surface area (TPSA) is 40.5 Å². The molecular weight excluding hydrogens is 128 g/mol. The average Bonchev–Trinajstić information content (AvgIpc) is 1.92. The first-order valence-corrected chi connectivity index (χ1v) is 3.90. The van der Waals surface area contributed by atoms with Crippen molar-refractivity contribution in [1.29, 1.82) is 0 Å².